The molecular weight excluding hydrogens is 274 g/mol. The fourth-order valence-corrected chi connectivity index (χ4v) is 1.44. The Bertz CT molecular complexity index is 384. The number of hydrogen-bond donors (Lipinski definition) is 2. The highest BCUT2D eigenvalue weighted by Gasteiger charge is 2.08. The highest BCUT2D eigenvalue weighted by Crippen LogP contribution is 1.99. The molecule has 0 radical (unpaired) electrons. The average molecular weight is 293 g/mol. The van der Waals surface area contributed by atoms with Crippen molar-refractivity contribution in [1.29, 1.82) is 0 Å². The normalized spacial score (nSPS) is 12.8. The van der Waals surface area contributed by atoms with Crippen molar-refractivity contribution < 1.29 is 35.0 Å². The van der Waals surface area contributed by atoms with Crippen molar-refractivity contribution in [1.82, 2.24) is 0 Å². The van der Waals surface area contributed by atoms with E-state index in [0.29, 0.717) is 6.42 Å². The molecule has 0 aromatic rings. The lowest BCUT2D eigenvalue weighted by Gasteiger charge is -2.23. The summed E-state index contributed by atoms with van der Waals surface area (Å²) in [6.45, 7) is 0.926. The minimum Gasteiger partial charge on any atom is -0.726 e. The fourth-order valence-electron chi connectivity index (χ4n) is 0.871. The highest BCUT2D eigenvalue weighted by atomic mass is 32.3. The summed E-state index contributed by atoms with van der Waals surface area (Å²) in [5.74, 6) is -0.118. The van der Waals surface area contributed by atoms with Crippen LogP contribution in [0.5, 0.6) is 0 Å². The van der Waals surface area contributed by atoms with E-state index >= 15 is 0 Å². The number of nitrogens with zero attached hydrogens (tertiary/aromatic N) is 1. The van der Waals surface area contributed by atoms with E-state index in [-0.39, 0.29) is 5.75 Å². The standard InChI is InChI=1S/C7H17NO3S.H2O4S/c1-8(2,3)6-4-5-7-12(9,10)11;1-5(2,3)4/h4-7H2,1-3H3;(H2,1,2,3,4). The Hall–Kier alpha value is -0.260. The van der Waals surface area contributed by atoms with Crippen LogP contribution in [0, 0.1) is 0 Å². The lowest BCUT2D eigenvalue weighted by Crippen LogP contribution is -2.35. The summed E-state index contributed by atoms with van der Waals surface area (Å²) < 4.78 is 62.7. The molecule has 106 valence electrons. The fraction of sp³-hybridized carbons (Fsp3) is 1.00. The van der Waals surface area contributed by atoms with E-state index in [1.807, 2.05) is 21.1 Å². The quantitative estimate of drug-likeness (QED) is 0.298. The van der Waals surface area contributed by atoms with Crippen LogP contribution in [0.1, 0.15) is 12.8 Å². The number of rotatable bonds is 5. The molecule has 0 aromatic carbocycles. The maximum Gasteiger partial charge on any atom is 0.264 e. The van der Waals surface area contributed by atoms with Gasteiger partial charge >= 0.3 is 0 Å². The van der Waals surface area contributed by atoms with E-state index in [9.17, 15) is 8.42 Å². The molecule has 0 saturated carbocycles. The van der Waals surface area contributed by atoms with Crippen LogP contribution >= 0.6 is 0 Å². The first kappa shape index (κ1) is 19.1. The lowest BCUT2D eigenvalue weighted by atomic mass is 10.3. The highest BCUT2D eigenvalue weighted by molar-refractivity contribution is 7.85. The van der Waals surface area contributed by atoms with Gasteiger partial charge in [-0.1, -0.05) is 0 Å². The largest absolute Gasteiger partial charge is 0.726 e. The minimum atomic E-state index is -4.92. The molecule has 0 rings (SSSR count). The molecular formula is C7H19NO7S2. The maximum atomic E-state index is 10.3. The molecule has 0 spiro atoms. The lowest BCUT2D eigenvalue weighted by molar-refractivity contribution is -0.870. The Labute approximate surface area is 102 Å². The van der Waals surface area contributed by atoms with Crippen LogP contribution in [-0.2, 0) is 20.5 Å². The van der Waals surface area contributed by atoms with Gasteiger partial charge in [-0.3, -0.25) is 9.11 Å². The van der Waals surface area contributed by atoms with Crippen molar-refractivity contribution in [3.05, 3.63) is 0 Å². The third-order valence-electron chi connectivity index (χ3n) is 1.48. The average Bonchev–Trinajstić information content (AvgIpc) is 1.91. The summed E-state index contributed by atoms with van der Waals surface area (Å²) in [6.07, 6.45) is 1.36. The van der Waals surface area contributed by atoms with Crippen LogP contribution in [0.2, 0.25) is 0 Å². The first-order chi connectivity index (χ1) is 7.21. The predicted octanol–water partition coefficient (Wildman–Crippen LogP) is -0.635. The van der Waals surface area contributed by atoms with Gasteiger partial charge in [-0.2, -0.15) is 8.42 Å². The number of hydrogen-bond acceptors (Lipinski definition) is 5. The van der Waals surface area contributed by atoms with Gasteiger partial charge in [0.15, 0.2) is 0 Å². The Kier molecular flexibility index (Phi) is 8.12. The van der Waals surface area contributed by atoms with E-state index in [4.69, 9.17) is 22.1 Å². The maximum absolute atomic E-state index is 10.3. The first-order valence-corrected chi connectivity index (χ1v) is 7.62. The monoisotopic (exact) mass is 293 g/mol. The van der Waals surface area contributed by atoms with Crippen LogP contribution in [-0.4, -0.2) is 68.4 Å². The summed E-state index contributed by atoms with van der Waals surface area (Å²) >= 11 is 0. The first-order valence-electron chi connectivity index (χ1n) is 4.65. The molecule has 8 nitrogen and oxygen atoms in total. The molecule has 0 bridgehead atoms. The van der Waals surface area contributed by atoms with Crippen LogP contribution in [0.15, 0.2) is 0 Å². The number of quaternary nitrogens is 1. The predicted molar refractivity (Wildman–Crippen MR) is 60.9 cm³/mol. The van der Waals surface area contributed by atoms with Crippen molar-refractivity contribution in [3.8, 4) is 0 Å². The van der Waals surface area contributed by atoms with Crippen LogP contribution in [0.3, 0.4) is 0 Å². The molecule has 0 fully saturated rings. The van der Waals surface area contributed by atoms with Crippen molar-refractivity contribution in [2.24, 2.45) is 0 Å². The van der Waals surface area contributed by atoms with Gasteiger partial charge < -0.3 is 9.04 Å². The summed E-state index contributed by atoms with van der Waals surface area (Å²) in [7, 11) is -2.52. The van der Waals surface area contributed by atoms with E-state index in [0.717, 1.165) is 17.4 Å². The third-order valence-corrected chi connectivity index (χ3v) is 2.29. The van der Waals surface area contributed by atoms with Gasteiger partial charge in [0.1, 0.15) is 0 Å². The second kappa shape index (κ2) is 7.24. The van der Waals surface area contributed by atoms with Gasteiger partial charge in [0.2, 0.25) is 10.4 Å². The Morgan fingerprint density at radius 1 is 1.00 bits per heavy atom. The number of unbranched alkanes of at least 4 members (excludes halogenated alkanes) is 1. The molecule has 2 N–H and O–H groups in total. The minimum absolute atomic E-state index is 0.118. The zero-order chi connectivity index (χ0) is 14.3. The van der Waals surface area contributed by atoms with E-state index < -0.39 is 20.5 Å². The topological polar surface area (TPSA) is 132 Å². The van der Waals surface area contributed by atoms with Gasteiger partial charge in [-0.05, 0) is 12.8 Å². The van der Waals surface area contributed by atoms with Crippen molar-refractivity contribution in [3.63, 3.8) is 0 Å². The second-order valence-corrected chi connectivity index (χ2v) is 6.86. The summed E-state index contributed by atoms with van der Waals surface area (Å²) in [4.78, 5) is 0. The van der Waals surface area contributed by atoms with Gasteiger partial charge in [0.25, 0.3) is 10.1 Å². The van der Waals surface area contributed by atoms with Crippen molar-refractivity contribution in [2.75, 3.05) is 33.4 Å². The molecule has 0 aliphatic rings. The molecule has 0 aliphatic carbocycles. The van der Waals surface area contributed by atoms with Gasteiger partial charge in [0, 0.05) is 0 Å². The molecule has 0 atom stereocenters. The molecule has 17 heavy (non-hydrogen) atoms. The van der Waals surface area contributed by atoms with Crippen LogP contribution in [0.4, 0.5) is 0 Å². The summed E-state index contributed by atoms with van der Waals surface area (Å²) in [5, 5.41) is 0. The zero-order valence-corrected chi connectivity index (χ0v) is 11.7. The van der Waals surface area contributed by atoms with Gasteiger partial charge in [0.05, 0.1) is 33.4 Å². The van der Waals surface area contributed by atoms with Crippen LogP contribution < -0.4 is 0 Å². The Morgan fingerprint density at radius 2 is 1.35 bits per heavy atom. The van der Waals surface area contributed by atoms with E-state index in [1.54, 1.807) is 0 Å². The Morgan fingerprint density at radius 3 is 1.59 bits per heavy atom. The molecule has 0 aromatic heterocycles. The summed E-state index contributed by atoms with van der Waals surface area (Å²) in [5.41, 5.74) is 0. The molecule has 0 saturated heterocycles. The van der Waals surface area contributed by atoms with E-state index in [2.05, 4.69) is 0 Å². The van der Waals surface area contributed by atoms with Gasteiger partial charge in [-0.15, -0.1) is 0 Å². The van der Waals surface area contributed by atoms with Crippen molar-refractivity contribution >= 4 is 20.5 Å². The molecule has 0 heterocycles. The van der Waals surface area contributed by atoms with Gasteiger partial charge in [-0.25, -0.2) is 8.42 Å². The second-order valence-electron chi connectivity index (χ2n) is 4.43. The molecule has 0 aliphatic heterocycles. The molecule has 10 heteroatoms. The smallest absolute Gasteiger partial charge is 0.264 e. The zero-order valence-electron chi connectivity index (χ0n) is 10.0. The third kappa shape index (κ3) is 38.9. The van der Waals surface area contributed by atoms with Crippen LogP contribution in [0.25, 0.3) is 0 Å². The SMILES string of the molecule is C[N+](C)(C)CCCCS(=O)(=O)O.O=S(=O)([O-])O. The van der Waals surface area contributed by atoms with E-state index in [1.165, 1.54) is 0 Å². The molecule has 0 amide bonds. The summed E-state index contributed by atoms with van der Waals surface area (Å²) in [6, 6.07) is 0. The molecule has 0 unspecified atom stereocenters. The van der Waals surface area contributed by atoms with Crippen molar-refractivity contribution in [2.45, 2.75) is 12.8 Å². The Balaban J connectivity index is 0.